The molecule has 0 bridgehead atoms. The maximum absolute atomic E-state index is 12.9. The van der Waals surface area contributed by atoms with E-state index < -0.39 is 6.61 Å². The molecule has 1 aliphatic carbocycles. The number of fused-ring (bicyclic) bond motifs is 1. The number of nitrogens with one attached hydrogen (secondary N) is 2. The van der Waals surface area contributed by atoms with Gasteiger partial charge >= 0.3 is 6.61 Å². The maximum atomic E-state index is 12.9. The van der Waals surface area contributed by atoms with Crippen molar-refractivity contribution in [1.29, 1.82) is 0 Å². The van der Waals surface area contributed by atoms with Crippen molar-refractivity contribution in [3.63, 3.8) is 0 Å². The predicted octanol–water partition coefficient (Wildman–Crippen LogP) is 4.17. The number of hydrogen-bond donors (Lipinski definition) is 2. The monoisotopic (exact) mass is 539 g/mol. The topological polar surface area (TPSA) is 64.1 Å². The number of rotatable bonds is 8. The summed E-state index contributed by atoms with van der Waals surface area (Å²) in [6.45, 7) is 5.07. The van der Waals surface area contributed by atoms with Crippen molar-refractivity contribution < 1.29 is 23.0 Å². The van der Waals surface area contributed by atoms with Crippen LogP contribution in [0.4, 0.5) is 8.78 Å². The van der Waals surface area contributed by atoms with Gasteiger partial charge in [0.15, 0.2) is 5.96 Å². The molecule has 0 radical (unpaired) electrons. The van der Waals surface area contributed by atoms with E-state index in [-0.39, 0.29) is 47.3 Å². The summed E-state index contributed by atoms with van der Waals surface area (Å²) in [6.07, 6.45) is 2.15. The van der Waals surface area contributed by atoms with Crippen LogP contribution in [-0.4, -0.2) is 45.0 Å². The lowest BCUT2D eigenvalue weighted by molar-refractivity contribution is -0.106. The van der Waals surface area contributed by atoms with Gasteiger partial charge in [-0.2, -0.15) is 8.78 Å². The number of ether oxygens (including phenoxy) is 3. The molecule has 1 heterocycles. The lowest BCUT2D eigenvalue weighted by atomic mass is 9.57. The number of hydrogen-bond acceptors (Lipinski definition) is 4. The van der Waals surface area contributed by atoms with E-state index in [2.05, 4.69) is 29.5 Å². The standard InChI is InChI=1S/C21H31F2N3O3.HI/c1-5-9-27-14-7-6-13(16(11-14)29-19(22)23)12-25-20(24-4)26-17-15-8-10-28-18(15)21(17,2)3;/h6-7,11,15,17-19H,5,8-10,12H2,1-4H3,(H2,24,25,26);1H. The Morgan fingerprint density at radius 2 is 2.13 bits per heavy atom. The fourth-order valence-electron chi connectivity index (χ4n) is 4.33. The molecule has 2 fully saturated rings. The smallest absolute Gasteiger partial charge is 0.387 e. The van der Waals surface area contributed by atoms with Crippen LogP contribution >= 0.6 is 24.0 Å². The average molecular weight is 539 g/mol. The molecule has 1 saturated heterocycles. The SMILES string of the molecule is CCCOc1ccc(CNC(=NC)NC2C3CCOC3C2(C)C)c(OC(F)F)c1.I. The molecule has 3 unspecified atom stereocenters. The third kappa shape index (κ3) is 5.46. The predicted molar refractivity (Wildman–Crippen MR) is 123 cm³/mol. The summed E-state index contributed by atoms with van der Waals surface area (Å²) in [6, 6.07) is 5.25. The number of nitrogens with zero attached hydrogens (tertiary/aromatic N) is 1. The maximum Gasteiger partial charge on any atom is 0.387 e. The molecule has 1 aliphatic heterocycles. The van der Waals surface area contributed by atoms with E-state index in [4.69, 9.17) is 14.2 Å². The minimum absolute atomic E-state index is 0. The molecule has 170 valence electrons. The van der Waals surface area contributed by atoms with Crippen molar-refractivity contribution in [3.05, 3.63) is 23.8 Å². The fraction of sp³-hybridized carbons (Fsp3) is 0.667. The van der Waals surface area contributed by atoms with Crippen molar-refractivity contribution >= 4 is 29.9 Å². The highest BCUT2D eigenvalue weighted by Gasteiger charge is 2.59. The number of aliphatic imine (C=N–C) groups is 1. The molecule has 1 aromatic rings. The minimum Gasteiger partial charge on any atom is -0.493 e. The highest BCUT2D eigenvalue weighted by molar-refractivity contribution is 14.0. The van der Waals surface area contributed by atoms with Crippen molar-refractivity contribution in [2.75, 3.05) is 20.3 Å². The van der Waals surface area contributed by atoms with Gasteiger partial charge in [0.2, 0.25) is 0 Å². The Hall–Kier alpha value is -1.36. The molecule has 1 aromatic carbocycles. The van der Waals surface area contributed by atoms with Gasteiger partial charge in [0.05, 0.1) is 12.7 Å². The molecular weight excluding hydrogens is 507 g/mol. The first-order valence-electron chi connectivity index (χ1n) is 10.2. The number of guanidine groups is 1. The second-order valence-corrected chi connectivity index (χ2v) is 8.11. The lowest BCUT2D eigenvalue weighted by Gasteiger charge is -2.54. The summed E-state index contributed by atoms with van der Waals surface area (Å²) in [5, 5.41) is 6.69. The van der Waals surface area contributed by atoms with Gasteiger partial charge in [0, 0.05) is 49.2 Å². The van der Waals surface area contributed by atoms with E-state index >= 15 is 0 Å². The second-order valence-electron chi connectivity index (χ2n) is 8.11. The third-order valence-electron chi connectivity index (χ3n) is 5.79. The Kier molecular flexibility index (Phi) is 8.96. The molecule has 3 atom stereocenters. The Morgan fingerprint density at radius 3 is 2.80 bits per heavy atom. The summed E-state index contributed by atoms with van der Waals surface area (Å²) in [4.78, 5) is 4.29. The minimum atomic E-state index is -2.90. The Labute approximate surface area is 194 Å². The van der Waals surface area contributed by atoms with Crippen molar-refractivity contribution in [2.45, 2.75) is 58.9 Å². The van der Waals surface area contributed by atoms with Gasteiger partial charge < -0.3 is 24.8 Å². The van der Waals surface area contributed by atoms with Crippen LogP contribution in [0.1, 0.15) is 39.2 Å². The zero-order chi connectivity index (χ0) is 21.0. The molecular formula is C21H32F2IN3O3. The molecule has 1 saturated carbocycles. The van der Waals surface area contributed by atoms with Gasteiger partial charge in [-0.05, 0) is 25.0 Å². The van der Waals surface area contributed by atoms with Crippen LogP contribution in [0.25, 0.3) is 0 Å². The van der Waals surface area contributed by atoms with Crippen molar-refractivity contribution in [2.24, 2.45) is 16.3 Å². The van der Waals surface area contributed by atoms with Gasteiger partial charge in [-0.1, -0.05) is 20.8 Å². The van der Waals surface area contributed by atoms with Gasteiger partial charge in [0.25, 0.3) is 0 Å². The molecule has 2 aliphatic rings. The zero-order valence-electron chi connectivity index (χ0n) is 17.9. The van der Waals surface area contributed by atoms with Crippen molar-refractivity contribution in [3.8, 4) is 11.5 Å². The van der Waals surface area contributed by atoms with E-state index in [0.717, 1.165) is 19.4 Å². The largest absolute Gasteiger partial charge is 0.493 e. The number of alkyl halides is 2. The van der Waals surface area contributed by atoms with E-state index in [0.29, 0.717) is 36.3 Å². The van der Waals surface area contributed by atoms with Crippen molar-refractivity contribution in [1.82, 2.24) is 10.6 Å². The molecule has 0 spiro atoms. The van der Waals surface area contributed by atoms with Crippen LogP contribution < -0.4 is 20.1 Å². The highest BCUT2D eigenvalue weighted by atomic mass is 127. The molecule has 6 nitrogen and oxygen atoms in total. The molecule has 2 N–H and O–H groups in total. The first-order valence-corrected chi connectivity index (χ1v) is 10.2. The van der Waals surface area contributed by atoms with Crippen LogP contribution in [0.5, 0.6) is 11.5 Å². The van der Waals surface area contributed by atoms with Gasteiger partial charge in [-0.3, -0.25) is 4.99 Å². The third-order valence-corrected chi connectivity index (χ3v) is 5.79. The van der Waals surface area contributed by atoms with Gasteiger partial charge in [0.1, 0.15) is 11.5 Å². The molecule has 0 amide bonds. The Morgan fingerprint density at radius 1 is 1.37 bits per heavy atom. The summed E-state index contributed by atoms with van der Waals surface area (Å²) in [7, 11) is 1.70. The van der Waals surface area contributed by atoms with Gasteiger partial charge in [-0.25, -0.2) is 0 Å². The van der Waals surface area contributed by atoms with Gasteiger partial charge in [-0.15, -0.1) is 24.0 Å². The van der Waals surface area contributed by atoms with Crippen LogP contribution in [-0.2, 0) is 11.3 Å². The Balaban J connectivity index is 0.00000320. The molecule has 9 heteroatoms. The van der Waals surface area contributed by atoms with E-state index in [1.54, 1.807) is 19.2 Å². The molecule has 0 aromatic heterocycles. The first kappa shape index (κ1) is 24.9. The second kappa shape index (κ2) is 10.8. The average Bonchev–Trinajstić information content (AvgIpc) is 3.14. The summed E-state index contributed by atoms with van der Waals surface area (Å²) in [5.74, 6) is 1.71. The summed E-state index contributed by atoms with van der Waals surface area (Å²) in [5.41, 5.74) is 0.619. The van der Waals surface area contributed by atoms with E-state index in [1.165, 1.54) is 6.07 Å². The summed E-state index contributed by atoms with van der Waals surface area (Å²) < 4.78 is 41.8. The fourth-order valence-corrected chi connectivity index (χ4v) is 4.33. The lowest BCUT2D eigenvalue weighted by Crippen LogP contribution is -2.67. The number of benzene rings is 1. The van der Waals surface area contributed by atoms with Crippen LogP contribution in [0, 0.1) is 11.3 Å². The van der Waals surface area contributed by atoms with E-state index in [9.17, 15) is 8.78 Å². The first-order chi connectivity index (χ1) is 13.9. The molecule has 30 heavy (non-hydrogen) atoms. The quantitative estimate of drug-likeness (QED) is 0.295. The summed E-state index contributed by atoms with van der Waals surface area (Å²) >= 11 is 0. The van der Waals surface area contributed by atoms with Crippen LogP contribution in [0.3, 0.4) is 0 Å². The van der Waals surface area contributed by atoms with Crippen LogP contribution in [0.15, 0.2) is 23.2 Å². The normalized spacial score (nSPS) is 24.5. The zero-order valence-corrected chi connectivity index (χ0v) is 20.2. The highest BCUT2D eigenvalue weighted by Crippen LogP contribution is 2.52. The number of halogens is 3. The molecule has 3 rings (SSSR count). The van der Waals surface area contributed by atoms with E-state index in [1.807, 2.05) is 6.92 Å². The van der Waals surface area contributed by atoms with Crippen LogP contribution in [0.2, 0.25) is 0 Å². The Bertz CT molecular complexity index is 733.